The van der Waals surface area contributed by atoms with Crippen molar-refractivity contribution in [3.05, 3.63) is 59.7 Å². The number of carbonyl (C=O) groups excluding carboxylic acids is 2. The number of alkyl halides is 3. The number of amides is 2. The van der Waals surface area contributed by atoms with Gasteiger partial charge in [0.2, 0.25) is 11.8 Å². The van der Waals surface area contributed by atoms with Crippen molar-refractivity contribution in [1.29, 1.82) is 0 Å². The summed E-state index contributed by atoms with van der Waals surface area (Å²) in [6, 6.07) is 11.3. The molecule has 1 aliphatic rings. The summed E-state index contributed by atoms with van der Waals surface area (Å²) in [5.74, 6) is -3.18. The largest absolute Gasteiger partial charge is 0.497 e. The van der Waals surface area contributed by atoms with Gasteiger partial charge in [0.05, 0.1) is 7.11 Å². The van der Waals surface area contributed by atoms with Crippen LogP contribution in [-0.4, -0.2) is 31.1 Å². The first-order chi connectivity index (χ1) is 13.7. The highest BCUT2D eigenvalue weighted by molar-refractivity contribution is 6.07. The van der Waals surface area contributed by atoms with Gasteiger partial charge in [-0.05, 0) is 43.2 Å². The molecule has 0 spiro atoms. The zero-order valence-electron chi connectivity index (χ0n) is 15.9. The molecule has 2 N–H and O–H groups in total. The van der Waals surface area contributed by atoms with Crippen molar-refractivity contribution in [2.75, 3.05) is 12.4 Å². The van der Waals surface area contributed by atoms with Gasteiger partial charge in [-0.3, -0.25) is 9.59 Å². The van der Waals surface area contributed by atoms with Crippen LogP contribution < -0.4 is 15.4 Å². The van der Waals surface area contributed by atoms with E-state index in [0.29, 0.717) is 17.0 Å². The maximum atomic E-state index is 13.3. The molecule has 1 saturated heterocycles. The van der Waals surface area contributed by atoms with Gasteiger partial charge in [0.25, 0.3) is 0 Å². The molecule has 0 bridgehead atoms. The second-order valence-electron chi connectivity index (χ2n) is 7.05. The predicted molar refractivity (Wildman–Crippen MR) is 102 cm³/mol. The summed E-state index contributed by atoms with van der Waals surface area (Å²) in [5.41, 5.74) is 1.87. The third-order valence-corrected chi connectivity index (χ3v) is 5.03. The van der Waals surface area contributed by atoms with Crippen LogP contribution in [-0.2, 0) is 9.59 Å². The molecule has 29 heavy (non-hydrogen) atoms. The summed E-state index contributed by atoms with van der Waals surface area (Å²) in [6.07, 6.45) is -4.99. The van der Waals surface area contributed by atoms with Crippen LogP contribution in [0.5, 0.6) is 5.75 Å². The molecule has 3 rings (SSSR count). The number of nitrogens with one attached hydrogen (secondary N) is 2. The molecule has 1 aliphatic heterocycles. The van der Waals surface area contributed by atoms with Gasteiger partial charge < -0.3 is 15.4 Å². The third-order valence-electron chi connectivity index (χ3n) is 5.03. The van der Waals surface area contributed by atoms with E-state index in [4.69, 9.17) is 4.74 Å². The molecule has 2 aromatic rings. The van der Waals surface area contributed by atoms with Gasteiger partial charge in [0.15, 0.2) is 0 Å². The first-order valence-electron chi connectivity index (χ1n) is 9.07. The summed E-state index contributed by atoms with van der Waals surface area (Å²) in [6.45, 7) is 1.85. The Labute approximate surface area is 166 Å². The van der Waals surface area contributed by atoms with Crippen LogP contribution in [0.3, 0.4) is 0 Å². The zero-order valence-corrected chi connectivity index (χ0v) is 15.9. The van der Waals surface area contributed by atoms with Crippen molar-refractivity contribution in [2.45, 2.75) is 31.5 Å². The minimum atomic E-state index is -4.59. The molecule has 2 amide bonds. The molecular weight excluding hydrogens is 385 g/mol. The fourth-order valence-electron chi connectivity index (χ4n) is 3.45. The fraction of sp³-hybridized carbons (Fsp3) is 0.333. The molecule has 0 saturated carbocycles. The van der Waals surface area contributed by atoms with Crippen LogP contribution in [0.4, 0.5) is 18.9 Å². The number of anilines is 1. The molecule has 8 heteroatoms. The van der Waals surface area contributed by atoms with Crippen molar-refractivity contribution in [1.82, 2.24) is 5.32 Å². The summed E-state index contributed by atoms with van der Waals surface area (Å²) < 4.78 is 44.9. The monoisotopic (exact) mass is 406 g/mol. The van der Waals surface area contributed by atoms with E-state index in [9.17, 15) is 22.8 Å². The van der Waals surface area contributed by atoms with Crippen LogP contribution in [0.1, 0.15) is 23.5 Å². The quantitative estimate of drug-likeness (QED) is 0.760. The molecule has 1 fully saturated rings. The van der Waals surface area contributed by atoms with Gasteiger partial charge in [-0.15, -0.1) is 0 Å². The van der Waals surface area contributed by atoms with Crippen LogP contribution in [0.15, 0.2) is 48.5 Å². The lowest BCUT2D eigenvalue weighted by Crippen LogP contribution is -2.56. The Bertz CT molecular complexity index is 880. The van der Waals surface area contributed by atoms with E-state index in [2.05, 4.69) is 5.32 Å². The average molecular weight is 406 g/mol. The number of piperidine rings is 1. The predicted octanol–water partition coefficient (Wildman–Crippen LogP) is 3.79. The van der Waals surface area contributed by atoms with Gasteiger partial charge in [-0.25, -0.2) is 0 Å². The molecule has 0 radical (unpaired) electrons. The van der Waals surface area contributed by atoms with Crippen molar-refractivity contribution in [3.8, 4) is 5.75 Å². The molecule has 154 valence electrons. The first kappa shape index (κ1) is 20.7. The average Bonchev–Trinajstić information content (AvgIpc) is 2.67. The number of rotatable bonds is 4. The number of hydrogen-bond donors (Lipinski definition) is 2. The fourth-order valence-corrected chi connectivity index (χ4v) is 3.45. The molecule has 1 heterocycles. The SMILES string of the molecule is COc1ccc(NC(=O)C2C(=O)N[C@@H](C(F)(F)F)CC2c2ccc(C)cc2)cc1. The lowest BCUT2D eigenvalue weighted by Gasteiger charge is -2.36. The Hall–Kier alpha value is -3.03. The van der Waals surface area contributed by atoms with E-state index in [1.54, 1.807) is 48.5 Å². The van der Waals surface area contributed by atoms with Crippen molar-refractivity contribution < 1.29 is 27.5 Å². The molecule has 3 atom stereocenters. The lowest BCUT2D eigenvalue weighted by atomic mass is 9.77. The Morgan fingerprint density at radius 3 is 2.28 bits per heavy atom. The Kier molecular flexibility index (Phi) is 5.81. The zero-order chi connectivity index (χ0) is 21.2. The van der Waals surface area contributed by atoms with Crippen molar-refractivity contribution >= 4 is 17.5 Å². The third kappa shape index (κ3) is 4.70. The second kappa shape index (κ2) is 8.14. The number of carbonyl (C=O) groups is 2. The summed E-state index contributed by atoms with van der Waals surface area (Å²) in [7, 11) is 1.50. The molecule has 0 aromatic heterocycles. The Balaban J connectivity index is 1.89. The molecular formula is C21H21F3N2O3. The first-order valence-corrected chi connectivity index (χ1v) is 9.07. The molecule has 2 unspecified atom stereocenters. The highest BCUT2D eigenvalue weighted by Gasteiger charge is 2.50. The van der Waals surface area contributed by atoms with E-state index in [-0.39, 0.29) is 0 Å². The van der Waals surface area contributed by atoms with E-state index in [1.807, 2.05) is 12.2 Å². The van der Waals surface area contributed by atoms with Gasteiger partial charge in [-0.1, -0.05) is 29.8 Å². The van der Waals surface area contributed by atoms with Crippen molar-refractivity contribution in [2.24, 2.45) is 5.92 Å². The number of benzene rings is 2. The van der Waals surface area contributed by atoms with Crippen LogP contribution in [0, 0.1) is 12.8 Å². The number of aryl methyl sites for hydroxylation is 1. The van der Waals surface area contributed by atoms with E-state index in [1.165, 1.54) is 7.11 Å². The second-order valence-corrected chi connectivity index (χ2v) is 7.05. The van der Waals surface area contributed by atoms with Gasteiger partial charge in [0.1, 0.15) is 17.7 Å². The van der Waals surface area contributed by atoms with Crippen molar-refractivity contribution in [3.63, 3.8) is 0 Å². The number of methoxy groups -OCH3 is 1. The smallest absolute Gasteiger partial charge is 0.408 e. The number of ether oxygens (including phenoxy) is 1. The van der Waals surface area contributed by atoms with E-state index in [0.717, 1.165) is 5.56 Å². The van der Waals surface area contributed by atoms with Gasteiger partial charge >= 0.3 is 6.18 Å². The summed E-state index contributed by atoms with van der Waals surface area (Å²) >= 11 is 0. The number of halogens is 3. The van der Waals surface area contributed by atoms with E-state index < -0.39 is 42.3 Å². The normalized spacial score (nSPS) is 22.0. The Morgan fingerprint density at radius 1 is 1.10 bits per heavy atom. The topological polar surface area (TPSA) is 67.4 Å². The maximum Gasteiger partial charge on any atom is 0.408 e. The molecule has 5 nitrogen and oxygen atoms in total. The van der Waals surface area contributed by atoms with Crippen LogP contribution in [0.25, 0.3) is 0 Å². The Morgan fingerprint density at radius 2 is 1.72 bits per heavy atom. The minimum Gasteiger partial charge on any atom is -0.497 e. The maximum absolute atomic E-state index is 13.3. The standard InChI is InChI=1S/C21H21F3N2O3/c1-12-3-5-13(6-4-12)16-11-17(21(22,23)24)26-20(28)18(16)19(27)25-14-7-9-15(29-2)10-8-14/h3-10,16-18H,11H2,1-2H3,(H,25,27)(H,26,28)/t16?,17-,18?/m1/s1. The number of hydrogen-bond acceptors (Lipinski definition) is 3. The minimum absolute atomic E-state index is 0.404. The summed E-state index contributed by atoms with van der Waals surface area (Å²) in [5, 5.41) is 4.58. The highest BCUT2D eigenvalue weighted by Crippen LogP contribution is 2.38. The van der Waals surface area contributed by atoms with E-state index >= 15 is 0 Å². The van der Waals surface area contributed by atoms with Gasteiger partial charge in [-0.2, -0.15) is 13.2 Å². The summed E-state index contributed by atoms with van der Waals surface area (Å²) in [4.78, 5) is 25.4. The molecule has 2 aromatic carbocycles. The van der Waals surface area contributed by atoms with Gasteiger partial charge in [0, 0.05) is 11.6 Å². The lowest BCUT2D eigenvalue weighted by molar-refractivity contribution is -0.172. The van der Waals surface area contributed by atoms with Crippen LogP contribution in [0.2, 0.25) is 0 Å². The molecule has 0 aliphatic carbocycles. The highest BCUT2D eigenvalue weighted by atomic mass is 19.4. The van der Waals surface area contributed by atoms with Crippen LogP contribution >= 0.6 is 0 Å².